The molecule has 2 aromatic rings. The Bertz CT molecular complexity index is 715. The van der Waals surface area contributed by atoms with Gasteiger partial charge in [-0.05, 0) is 25.0 Å². The number of nitrogens with zero attached hydrogens (tertiary/aromatic N) is 1. The molecule has 0 spiro atoms. The molecule has 1 aromatic heterocycles. The number of amides is 1. The van der Waals surface area contributed by atoms with E-state index in [-0.39, 0.29) is 36.3 Å². The maximum atomic E-state index is 12.2. The zero-order valence-electron chi connectivity index (χ0n) is 14.4. The van der Waals surface area contributed by atoms with Crippen LogP contribution in [-0.2, 0) is 11.2 Å². The van der Waals surface area contributed by atoms with E-state index in [0.717, 1.165) is 31.2 Å². The molecule has 26 heavy (non-hydrogen) atoms. The minimum atomic E-state index is -0.212. The second kappa shape index (κ2) is 10.2. The van der Waals surface area contributed by atoms with E-state index < -0.39 is 0 Å². The molecule has 8 heteroatoms. The number of hydrogen-bond donors (Lipinski definition) is 2. The molecular formula is C18H24Cl3N3O2. The quantitative estimate of drug-likeness (QED) is 0.735. The van der Waals surface area contributed by atoms with Gasteiger partial charge >= 0.3 is 0 Å². The van der Waals surface area contributed by atoms with Crippen LogP contribution in [0.3, 0.4) is 0 Å². The summed E-state index contributed by atoms with van der Waals surface area (Å²) in [6.45, 7) is 0.494. The van der Waals surface area contributed by atoms with Gasteiger partial charge in [0.1, 0.15) is 0 Å². The minimum absolute atomic E-state index is 0. The monoisotopic (exact) mass is 419 g/mol. The van der Waals surface area contributed by atoms with Gasteiger partial charge in [0.2, 0.25) is 5.91 Å². The van der Waals surface area contributed by atoms with E-state index in [9.17, 15) is 4.79 Å². The fraction of sp³-hybridized carbons (Fsp3) is 0.444. The van der Waals surface area contributed by atoms with Gasteiger partial charge in [-0.25, -0.2) is 4.98 Å². The standard InChI is InChI=1S/C18H22ClN3O2.2ClH/c19-14-6-2-1-5-13(14)15-11-21-17(24-15)8-7-16(23)22-18(12-20)9-3-4-10-18;;/h1-2,5-6,11H,3-4,7-10,12,20H2,(H,22,23);2*1H. The number of nitrogens with one attached hydrogen (secondary N) is 1. The Hall–Kier alpha value is -1.27. The Balaban J connectivity index is 0.00000169. The topological polar surface area (TPSA) is 81.1 Å². The molecule has 0 bridgehead atoms. The van der Waals surface area contributed by atoms with Gasteiger partial charge < -0.3 is 15.5 Å². The normalized spacial score (nSPS) is 15.0. The van der Waals surface area contributed by atoms with Crippen molar-refractivity contribution < 1.29 is 9.21 Å². The van der Waals surface area contributed by atoms with Crippen molar-refractivity contribution >= 4 is 42.3 Å². The third kappa shape index (κ3) is 5.36. The predicted molar refractivity (Wildman–Crippen MR) is 108 cm³/mol. The van der Waals surface area contributed by atoms with Gasteiger partial charge in [0.25, 0.3) is 0 Å². The molecule has 1 heterocycles. The summed E-state index contributed by atoms with van der Waals surface area (Å²) in [7, 11) is 0. The van der Waals surface area contributed by atoms with E-state index in [4.69, 9.17) is 21.8 Å². The highest BCUT2D eigenvalue weighted by Gasteiger charge is 2.33. The molecule has 3 rings (SSSR count). The number of aryl methyl sites for hydroxylation is 1. The number of rotatable bonds is 6. The van der Waals surface area contributed by atoms with Crippen molar-refractivity contribution in [3.63, 3.8) is 0 Å². The first-order valence-electron chi connectivity index (χ1n) is 8.33. The molecule has 1 aromatic carbocycles. The van der Waals surface area contributed by atoms with Crippen molar-refractivity contribution in [2.24, 2.45) is 5.73 Å². The summed E-state index contributed by atoms with van der Waals surface area (Å²) in [6.07, 6.45) is 6.61. The first kappa shape index (κ1) is 22.8. The average Bonchev–Trinajstić information content (AvgIpc) is 3.23. The number of nitrogens with two attached hydrogens (primary N) is 1. The predicted octanol–water partition coefficient (Wildman–Crippen LogP) is 4.16. The van der Waals surface area contributed by atoms with E-state index in [0.29, 0.717) is 36.1 Å². The Kier molecular flexibility index (Phi) is 8.90. The Labute approximate surface area is 170 Å². The van der Waals surface area contributed by atoms with Gasteiger partial charge in [-0.2, -0.15) is 0 Å². The van der Waals surface area contributed by atoms with Crippen LogP contribution in [0.1, 0.15) is 38.0 Å². The molecule has 0 saturated heterocycles. The molecule has 0 unspecified atom stereocenters. The highest BCUT2D eigenvalue weighted by molar-refractivity contribution is 6.33. The van der Waals surface area contributed by atoms with Gasteiger partial charge in [0.15, 0.2) is 11.7 Å². The fourth-order valence-corrected chi connectivity index (χ4v) is 3.45. The highest BCUT2D eigenvalue weighted by atomic mass is 35.5. The van der Waals surface area contributed by atoms with Crippen LogP contribution in [0.5, 0.6) is 0 Å². The fourth-order valence-electron chi connectivity index (χ4n) is 3.22. The Morgan fingerprint density at radius 3 is 2.62 bits per heavy atom. The van der Waals surface area contributed by atoms with Crippen LogP contribution < -0.4 is 11.1 Å². The molecular weight excluding hydrogens is 397 g/mol. The molecule has 0 aliphatic heterocycles. The summed E-state index contributed by atoms with van der Waals surface area (Å²) in [5, 5.41) is 3.72. The van der Waals surface area contributed by atoms with Crippen LogP contribution in [0.25, 0.3) is 11.3 Å². The summed E-state index contributed by atoms with van der Waals surface area (Å²) in [5.41, 5.74) is 6.44. The first-order chi connectivity index (χ1) is 11.6. The van der Waals surface area contributed by atoms with Crippen LogP contribution in [0.15, 0.2) is 34.9 Å². The van der Waals surface area contributed by atoms with Gasteiger partial charge in [-0.3, -0.25) is 4.79 Å². The number of halogens is 3. The second-order valence-corrected chi connectivity index (χ2v) is 6.75. The number of benzene rings is 1. The zero-order chi connectivity index (χ0) is 17.0. The molecule has 0 radical (unpaired) electrons. The largest absolute Gasteiger partial charge is 0.441 e. The maximum absolute atomic E-state index is 12.2. The summed E-state index contributed by atoms with van der Waals surface area (Å²) in [5.74, 6) is 1.15. The number of carbonyl (C=O) groups is 1. The number of oxazole rings is 1. The van der Waals surface area contributed by atoms with Crippen LogP contribution in [0.4, 0.5) is 0 Å². The summed E-state index contributed by atoms with van der Waals surface area (Å²) < 4.78 is 5.72. The SMILES string of the molecule is Cl.Cl.NCC1(NC(=O)CCc2ncc(-c3ccccc3Cl)o2)CCCC1. The van der Waals surface area contributed by atoms with Gasteiger partial charge in [0.05, 0.1) is 16.8 Å². The van der Waals surface area contributed by atoms with Gasteiger partial charge in [-0.1, -0.05) is 36.6 Å². The summed E-state index contributed by atoms with van der Waals surface area (Å²) >= 11 is 6.16. The van der Waals surface area contributed by atoms with Crippen LogP contribution >= 0.6 is 36.4 Å². The number of aromatic nitrogens is 1. The summed E-state index contributed by atoms with van der Waals surface area (Å²) in [6, 6.07) is 7.44. The third-order valence-corrected chi connectivity index (χ3v) is 4.94. The molecule has 1 amide bonds. The maximum Gasteiger partial charge on any atom is 0.220 e. The molecule has 144 valence electrons. The molecule has 1 fully saturated rings. The van der Waals surface area contributed by atoms with Crippen molar-refractivity contribution in [3.05, 3.63) is 41.4 Å². The molecule has 1 aliphatic rings. The molecule has 0 atom stereocenters. The lowest BCUT2D eigenvalue weighted by molar-refractivity contribution is -0.122. The molecule has 1 saturated carbocycles. The third-order valence-electron chi connectivity index (χ3n) is 4.61. The van der Waals surface area contributed by atoms with Crippen molar-refractivity contribution in [1.82, 2.24) is 10.3 Å². The van der Waals surface area contributed by atoms with E-state index >= 15 is 0 Å². The smallest absolute Gasteiger partial charge is 0.220 e. The molecule has 1 aliphatic carbocycles. The van der Waals surface area contributed by atoms with Crippen LogP contribution in [0.2, 0.25) is 5.02 Å². The van der Waals surface area contributed by atoms with E-state index in [1.807, 2.05) is 18.2 Å². The van der Waals surface area contributed by atoms with Crippen molar-refractivity contribution in [1.29, 1.82) is 0 Å². The van der Waals surface area contributed by atoms with Gasteiger partial charge in [0, 0.05) is 24.9 Å². The van der Waals surface area contributed by atoms with Crippen LogP contribution in [-0.4, -0.2) is 23.0 Å². The minimum Gasteiger partial charge on any atom is -0.441 e. The lowest BCUT2D eigenvalue weighted by atomic mass is 9.97. The lowest BCUT2D eigenvalue weighted by Gasteiger charge is -2.28. The molecule has 3 N–H and O–H groups in total. The van der Waals surface area contributed by atoms with Crippen LogP contribution in [0, 0.1) is 0 Å². The van der Waals surface area contributed by atoms with E-state index in [1.54, 1.807) is 12.3 Å². The Morgan fingerprint density at radius 2 is 1.96 bits per heavy atom. The van der Waals surface area contributed by atoms with Gasteiger partial charge in [-0.15, -0.1) is 24.8 Å². The first-order valence-corrected chi connectivity index (χ1v) is 8.70. The van der Waals surface area contributed by atoms with E-state index in [1.165, 1.54) is 0 Å². The average molecular weight is 421 g/mol. The highest BCUT2D eigenvalue weighted by Crippen LogP contribution is 2.29. The second-order valence-electron chi connectivity index (χ2n) is 6.34. The van der Waals surface area contributed by atoms with Crippen molar-refractivity contribution in [2.75, 3.05) is 6.54 Å². The molecule has 5 nitrogen and oxygen atoms in total. The lowest BCUT2D eigenvalue weighted by Crippen LogP contribution is -2.51. The number of hydrogen-bond acceptors (Lipinski definition) is 4. The van der Waals surface area contributed by atoms with E-state index in [2.05, 4.69) is 10.3 Å². The zero-order valence-corrected chi connectivity index (χ0v) is 16.8. The Morgan fingerprint density at radius 1 is 1.27 bits per heavy atom. The number of carbonyl (C=O) groups excluding carboxylic acids is 1. The summed E-state index contributed by atoms with van der Waals surface area (Å²) in [4.78, 5) is 16.5. The van der Waals surface area contributed by atoms with Crippen molar-refractivity contribution in [3.8, 4) is 11.3 Å². The van der Waals surface area contributed by atoms with Crippen molar-refractivity contribution in [2.45, 2.75) is 44.1 Å².